The Morgan fingerprint density at radius 1 is 1.02 bits per heavy atom. The normalized spacial score (nSPS) is 59.5. The molecule has 8 rings (SSSR count). The number of ether oxygens (including phenoxy) is 5. The van der Waals surface area contributed by atoms with Gasteiger partial charge in [-0.2, -0.15) is 0 Å². The van der Waals surface area contributed by atoms with Gasteiger partial charge in [0.15, 0.2) is 24.8 Å². The minimum absolute atomic E-state index is 0.0553. The van der Waals surface area contributed by atoms with Crippen LogP contribution in [-0.4, -0.2) is 110 Å². The van der Waals surface area contributed by atoms with Crippen molar-refractivity contribution in [3.8, 4) is 0 Å². The number of esters is 2. The van der Waals surface area contributed by atoms with E-state index in [9.17, 15) is 40.2 Å². The van der Waals surface area contributed by atoms with Crippen LogP contribution in [0.4, 0.5) is 0 Å². The van der Waals surface area contributed by atoms with Gasteiger partial charge in [0, 0.05) is 37.7 Å². The average molecular weight is 623 g/mol. The van der Waals surface area contributed by atoms with Crippen LogP contribution in [0.15, 0.2) is 23.0 Å². The topological polar surface area (TPSA) is 218 Å². The van der Waals surface area contributed by atoms with E-state index >= 15 is 0 Å². The van der Waals surface area contributed by atoms with Crippen molar-refractivity contribution in [3.63, 3.8) is 0 Å². The summed E-state index contributed by atoms with van der Waals surface area (Å²) in [5.41, 5.74) is -9.70. The lowest BCUT2D eigenvalue weighted by Crippen LogP contribution is -2.85. The summed E-state index contributed by atoms with van der Waals surface area (Å²) >= 11 is 0. The molecule has 3 saturated heterocycles. The van der Waals surface area contributed by atoms with E-state index in [4.69, 9.17) is 28.1 Å². The highest BCUT2D eigenvalue weighted by atomic mass is 16.7. The van der Waals surface area contributed by atoms with E-state index < -0.39 is 112 Å². The second-order valence-corrected chi connectivity index (χ2v) is 14.5. The van der Waals surface area contributed by atoms with Gasteiger partial charge in [-0.1, -0.05) is 6.92 Å². The molecule has 6 N–H and O–H groups in total. The summed E-state index contributed by atoms with van der Waals surface area (Å²) in [6.45, 7) is 5.05. The first-order valence-corrected chi connectivity index (χ1v) is 15.1. The number of carbonyl (C=O) groups is 2. The molecule has 0 radical (unpaired) electrons. The second-order valence-electron chi connectivity index (χ2n) is 14.5. The van der Waals surface area contributed by atoms with Crippen LogP contribution in [0, 0.1) is 34.0 Å². The number of hydrogen-bond donors (Lipinski definition) is 6. The van der Waals surface area contributed by atoms with Gasteiger partial charge < -0.3 is 58.7 Å². The first-order valence-electron chi connectivity index (χ1n) is 15.1. The molecule has 242 valence electrons. The molecule has 7 aliphatic rings. The zero-order valence-electron chi connectivity index (χ0n) is 24.7. The maximum absolute atomic E-state index is 12.5. The molecule has 0 amide bonds. The van der Waals surface area contributed by atoms with Crippen molar-refractivity contribution in [1.29, 1.82) is 0 Å². The third kappa shape index (κ3) is 2.79. The Hall–Kier alpha value is -2.14. The van der Waals surface area contributed by atoms with Gasteiger partial charge in [0.25, 0.3) is 0 Å². The molecule has 44 heavy (non-hydrogen) atoms. The first kappa shape index (κ1) is 29.3. The molecule has 1 unspecified atom stereocenters. The smallest absolute Gasteiger partial charge is 0.303 e. The third-order valence-corrected chi connectivity index (χ3v) is 13.1. The van der Waals surface area contributed by atoms with E-state index in [0.29, 0.717) is 0 Å². The maximum Gasteiger partial charge on any atom is 0.303 e. The van der Waals surface area contributed by atoms with Crippen LogP contribution in [0.25, 0.3) is 0 Å². The molecule has 14 heteroatoms. The zero-order chi connectivity index (χ0) is 31.6. The van der Waals surface area contributed by atoms with E-state index in [1.165, 1.54) is 25.5 Å². The number of furan rings is 1. The van der Waals surface area contributed by atoms with Gasteiger partial charge in [-0.3, -0.25) is 9.59 Å². The molecule has 0 aromatic carbocycles. The van der Waals surface area contributed by atoms with Gasteiger partial charge >= 0.3 is 11.9 Å². The number of carbonyl (C=O) groups excluding carboxylic acids is 2. The fraction of sp³-hybridized carbons (Fsp3) is 0.800. The Labute approximate surface area is 251 Å². The first-order chi connectivity index (χ1) is 20.6. The van der Waals surface area contributed by atoms with Crippen LogP contribution in [0.3, 0.4) is 0 Å². The van der Waals surface area contributed by atoms with E-state index in [-0.39, 0.29) is 25.0 Å². The Morgan fingerprint density at radius 2 is 1.73 bits per heavy atom. The summed E-state index contributed by atoms with van der Waals surface area (Å²) in [4.78, 5) is 24.7. The molecule has 3 bridgehead atoms. The molecule has 17 atom stereocenters. The van der Waals surface area contributed by atoms with Crippen molar-refractivity contribution in [2.75, 3.05) is 6.61 Å². The Morgan fingerprint density at radius 3 is 2.36 bits per heavy atom. The van der Waals surface area contributed by atoms with E-state index in [1.54, 1.807) is 6.92 Å². The number of aliphatic hydroxyl groups is 6. The number of aliphatic hydroxyl groups excluding tert-OH is 4. The van der Waals surface area contributed by atoms with Crippen molar-refractivity contribution in [2.45, 2.75) is 107 Å². The summed E-state index contributed by atoms with van der Waals surface area (Å²) in [5, 5.41) is 73.1. The van der Waals surface area contributed by atoms with E-state index in [2.05, 4.69) is 0 Å². The summed E-state index contributed by atoms with van der Waals surface area (Å²) in [6.07, 6.45) is -8.57. The van der Waals surface area contributed by atoms with Gasteiger partial charge in [-0.05, 0) is 25.3 Å². The standard InChI is InChI=1S/C30H38O14/c1-11(31)41-18-21(35)29-14-7-15(33)27(10-40-24(29)43-23(36)25(14,3)22(18)42-12(2)32)20(29)17(34)19-26(4,37)28(38,13-5-6-39-9-13)8-16-30(19,27)44-16/h5-6,9,14-24,33-38H,7-8,10H2,1-4H3/t14-,15+,16+,17-,18+,19+,20+,21+,22+,23-,24?,25+,26+,27+,28+,29+,30+/m0/s1. The van der Waals surface area contributed by atoms with Crippen LogP contribution in [0.2, 0.25) is 0 Å². The fourth-order valence-electron chi connectivity index (χ4n) is 11.5. The molecule has 2 spiro atoms. The predicted molar refractivity (Wildman–Crippen MR) is 139 cm³/mol. The fourth-order valence-corrected chi connectivity index (χ4v) is 11.5. The van der Waals surface area contributed by atoms with E-state index in [1.807, 2.05) is 0 Å². The van der Waals surface area contributed by atoms with Crippen LogP contribution < -0.4 is 0 Å². The quantitative estimate of drug-likeness (QED) is 0.170. The maximum atomic E-state index is 12.5. The van der Waals surface area contributed by atoms with Crippen LogP contribution in [-0.2, 0) is 38.9 Å². The van der Waals surface area contributed by atoms with Crippen LogP contribution in [0.1, 0.15) is 46.1 Å². The Balaban J connectivity index is 1.35. The number of hydrogen-bond acceptors (Lipinski definition) is 14. The molecule has 14 nitrogen and oxygen atoms in total. The highest BCUT2D eigenvalue weighted by Gasteiger charge is 2.96. The average Bonchev–Trinajstić information content (AvgIpc) is 3.28. The van der Waals surface area contributed by atoms with Crippen molar-refractivity contribution >= 4 is 11.9 Å². The van der Waals surface area contributed by atoms with Crippen LogP contribution >= 0.6 is 0 Å². The summed E-state index contributed by atoms with van der Waals surface area (Å²) in [6, 6.07) is 1.53. The zero-order valence-corrected chi connectivity index (χ0v) is 24.7. The molecule has 4 saturated carbocycles. The predicted octanol–water partition coefficient (Wildman–Crippen LogP) is -1.33. The minimum atomic E-state index is -2.05. The lowest BCUT2D eigenvalue weighted by atomic mass is 9.37. The van der Waals surface area contributed by atoms with Gasteiger partial charge in [0.1, 0.15) is 22.9 Å². The Bertz CT molecular complexity index is 1410. The van der Waals surface area contributed by atoms with Crippen LogP contribution in [0.5, 0.6) is 0 Å². The second kappa shape index (κ2) is 8.41. The van der Waals surface area contributed by atoms with Crippen molar-refractivity contribution in [3.05, 3.63) is 24.2 Å². The Kier molecular flexibility index (Phi) is 5.60. The molecule has 4 aliphatic carbocycles. The summed E-state index contributed by atoms with van der Waals surface area (Å²) in [7, 11) is 0. The largest absolute Gasteiger partial charge is 0.472 e. The molecule has 7 fully saturated rings. The molecule has 1 aromatic heterocycles. The number of rotatable bonds is 3. The molecule has 1 aromatic rings. The third-order valence-electron chi connectivity index (χ3n) is 13.1. The lowest BCUT2D eigenvalue weighted by molar-refractivity contribution is -0.474. The molecular formula is C30H38O14. The molecule has 3 aliphatic heterocycles. The number of epoxide rings is 1. The van der Waals surface area contributed by atoms with Crippen molar-refractivity contribution in [1.82, 2.24) is 0 Å². The monoisotopic (exact) mass is 622 g/mol. The SMILES string of the molecule is CC(=O)O[C@H]1[C@@H](OC(C)=O)[C@]2(C)[C@@H](O)OC3OC[C@@]45[C@H](O)C[C@@H]2[C@]3([C@@H]1O)[C@@H]4[C@@H](O)[C@H]1[C@@]52O[C@@H]2C[C@@](O)(c2ccoc2)[C@]1(C)O. The summed E-state index contributed by atoms with van der Waals surface area (Å²) < 4.78 is 35.3. The highest BCUT2D eigenvalue weighted by Crippen LogP contribution is 2.84. The van der Waals surface area contributed by atoms with E-state index in [0.717, 1.165) is 13.8 Å². The summed E-state index contributed by atoms with van der Waals surface area (Å²) in [5.74, 6) is -4.77. The van der Waals surface area contributed by atoms with Crippen molar-refractivity contribution < 1.29 is 68.3 Å². The lowest BCUT2D eigenvalue weighted by Gasteiger charge is -2.74. The van der Waals surface area contributed by atoms with Gasteiger partial charge in [0.2, 0.25) is 0 Å². The van der Waals surface area contributed by atoms with Crippen molar-refractivity contribution in [2.24, 2.45) is 34.0 Å². The van der Waals surface area contributed by atoms with Gasteiger partial charge in [-0.25, -0.2) is 0 Å². The van der Waals surface area contributed by atoms with Gasteiger partial charge in [-0.15, -0.1) is 0 Å². The highest BCUT2D eigenvalue weighted by molar-refractivity contribution is 5.68. The minimum Gasteiger partial charge on any atom is -0.472 e. The molecular weight excluding hydrogens is 584 g/mol. The van der Waals surface area contributed by atoms with Gasteiger partial charge in [0.05, 0.1) is 53.7 Å². The molecule has 4 heterocycles.